The third-order valence-corrected chi connectivity index (χ3v) is 3.70. The van der Waals surface area contributed by atoms with E-state index >= 15 is 0 Å². The van der Waals surface area contributed by atoms with Crippen LogP contribution in [0.2, 0.25) is 0 Å². The predicted octanol–water partition coefficient (Wildman–Crippen LogP) is 1.83. The van der Waals surface area contributed by atoms with Gasteiger partial charge in [-0.25, -0.2) is 0 Å². The smallest absolute Gasteiger partial charge is 0.235 e. The lowest BCUT2D eigenvalue weighted by atomic mass is 9.68. The molecule has 3 heteroatoms. The lowest BCUT2D eigenvalue weighted by Crippen LogP contribution is -2.39. The van der Waals surface area contributed by atoms with E-state index in [1.807, 2.05) is 0 Å². The summed E-state index contributed by atoms with van der Waals surface area (Å²) < 4.78 is 0. The molecule has 3 nitrogen and oxygen atoms in total. The van der Waals surface area contributed by atoms with E-state index in [2.05, 4.69) is 19.9 Å². The van der Waals surface area contributed by atoms with Crippen LogP contribution in [0, 0.1) is 28.6 Å². The summed E-state index contributed by atoms with van der Waals surface area (Å²) in [6, 6.07) is 2.09. The molecule has 1 aliphatic carbocycles. The minimum atomic E-state index is -0.606. The Morgan fingerprint density at radius 2 is 2.07 bits per heavy atom. The SMILES string of the molecule is CCC(CC)(C1CC1)C(C#N)C(N)=O. The van der Waals surface area contributed by atoms with Gasteiger partial charge in [-0.05, 0) is 37.0 Å². The fourth-order valence-electron chi connectivity index (χ4n) is 2.61. The Kier molecular flexibility index (Phi) is 3.15. The second-order valence-corrected chi connectivity index (χ2v) is 4.18. The molecule has 1 saturated carbocycles. The second-order valence-electron chi connectivity index (χ2n) is 4.18. The first kappa shape index (κ1) is 11.0. The lowest BCUT2D eigenvalue weighted by molar-refractivity contribution is -0.124. The van der Waals surface area contributed by atoms with Gasteiger partial charge in [0, 0.05) is 0 Å². The highest BCUT2D eigenvalue weighted by molar-refractivity contribution is 5.80. The van der Waals surface area contributed by atoms with E-state index < -0.39 is 11.8 Å². The number of carbonyl (C=O) groups excluding carboxylic acids is 1. The highest BCUT2D eigenvalue weighted by atomic mass is 16.1. The Labute approximate surface area is 85.3 Å². The number of carbonyl (C=O) groups is 1. The summed E-state index contributed by atoms with van der Waals surface area (Å²) in [5.41, 5.74) is 5.14. The maximum absolute atomic E-state index is 11.2. The Hall–Kier alpha value is -1.04. The van der Waals surface area contributed by atoms with Gasteiger partial charge in [0.15, 0.2) is 0 Å². The first-order chi connectivity index (χ1) is 6.62. The van der Waals surface area contributed by atoms with Gasteiger partial charge in [-0.2, -0.15) is 5.26 Å². The number of rotatable bonds is 5. The maximum Gasteiger partial charge on any atom is 0.235 e. The number of amides is 1. The lowest BCUT2D eigenvalue weighted by Gasteiger charge is -2.34. The summed E-state index contributed by atoms with van der Waals surface area (Å²) in [6.45, 7) is 4.10. The molecule has 1 atom stereocenters. The quantitative estimate of drug-likeness (QED) is 0.725. The summed E-state index contributed by atoms with van der Waals surface area (Å²) in [5.74, 6) is -0.525. The molecule has 1 amide bonds. The molecule has 0 aromatic heterocycles. The van der Waals surface area contributed by atoms with Crippen LogP contribution >= 0.6 is 0 Å². The van der Waals surface area contributed by atoms with Crippen molar-refractivity contribution in [1.82, 2.24) is 0 Å². The van der Waals surface area contributed by atoms with Crippen LogP contribution in [0.25, 0.3) is 0 Å². The number of primary amides is 1. The highest BCUT2D eigenvalue weighted by Crippen LogP contribution is 2.54. The molecule has 1 fully saturated rings. The molecule has 0 aliphatic heterocycles. The van der Waals surface area contributed by atoms with Crippen molar-refractivity contribution in [2.75, 3.05) is 0 Å². The summed E-state index contributed by atoms with van der Waals surface area (Å²) in [4.78, 5) is 11.2. The van der Waals surface area contributed by atoms with E-state index in [-0.39, 0.29) is 5.41 Å². The van der Waals surface area contributed by atoms with Crippen molar-refractivity contribution >= 4 is 5.91 Å². The molecule has 1 unspecified atom stereocenters. The largest absolute Gasteiger partial charge is 0.369 e. The molecule has 14 heavy (non-hydrogen) atoms. The first-order valence-electron chi connectivity index (χ1n) is 5.31. The fraction of sp³-hybridized carbons (Fsp3) is 0.818. The predicted molar refractivity (Wildman–Crippen MR) is 54.0 cm³/mol. The van der Waals surface area contributed by atoms with Crippen LogP contribution in [0.1, 0.15) is 39.5 Å². The van der Waals surface area contributed by atoms with E-state index in [0.29, 0.717) is 5.92 Å². The number of hydrogen-bond donors (Lipinski definition) is 1. The minimum Gasteiger partial charge on any atom is -0.369 e. The van der Waals surface area contributed by atoms with Gasteiger partial charge >= 0.3 is 0 Å². The molecule has 0 saturated heterocycles. The van der Waals surface area contributed by atoms with Crippen molar-refractivity contribution in [1.29, 1.82) is 5.26 Å². The Morgan fingerprint density at radius 1 is 1.57 bits per heavy atom. The molecule has 2 N–H and O–H groups in total. The summed E-state index contributed by atoms with van der Waals surface area (Å²) in [6.07, 6.45) is 4.03. The van der Waals surface area contributed by atoms with E-state index in [4.69, 9.17) is 11.0 Å². The van der Waals surface area contributed by atoms with Crippen LogP contribution in [0.4, 0.5) is 0 Å². The van der Waals surface area contributed by atoms with E-state index in [1.54, 1.807) is 0 Å². The molecule has 0 spiro atoms. The van der Waals surface area contributed by atoms with Gasteiger partial charge in [0.2, 0.25) is 5.91 Å². The van der Waals surface area contributed by atoms with Gasteiger partial charge in [0.05, 0.1) is 6.07 Å². The number of nitrogens with two attached hydrogens (primary N) is 1. The van der Waals surface area contributed by atoms with E-state index in [1.165, 1.54) is 0 Å². The number of hydrogen-bond acceptors (Lipinski definition) is 2. The van der Waals surface area contributed by atoms with Crippen molar-refractivity contribution in [2.45, 2.75) is 39.5 Å². The zero-order valence-electron chi connectivity index (χ0n) is 8.92. The molecule has 0 aromatic carbocycles. The van der Waals surface area contributed by atoms with Crippen molar-refractivity contribution in [3.8, 4) is 6.07 Å². The van der Waals surface area contributed by atoms with Crippen LogP contribution in [-0.2, 0) is 4.79 Å². The van der Waals surface area contributed by atoms with Crippen LogP contribution in [0.5, 0.6) is 0 Å². The molecule has 0 radical (unpaired) electrons. The molecule has 1 aliphatic rings. The van der Waals surface area contributed by atoms with Gasteiger partial charge in [-0.15, -0.1) is 0 Å². The number of nitriles is 1. The van der Waals surface area contributed by atoms with Gasteiger partial charge in [-0.1, -0.05) is 13.8 Å². The molecular weight excluding hydrogens is 176 g/mol. The summed E-state index contributed by atoms with van der Waals surface area (Å²) in [5, 5.41) is 9.02. The van der Waals surface area contributed by atoms with E-state index in [9.17, 15) is 4.79 Å². The van der Waals surface area contributed by atoms with Gasteiger partial charge in [0.25, 0.3) is 0 Å². The van der Waals surface area contributed by atoms with Crippen molar-refractivity contribution in [3.05, 3.63) is 0 Å². The molecular formula is C11H18N2O. The first-order valence-corrected chi connectivity index (χ1v) is 5.31. The fourth-order valence-corrected chi connectivity index (χ4v) is 2.61. The highest BCUT2D eigenvalue weighted by Gasteiger charge is 2.50. The topological polar surface area (TPSA) is 66.9 Å². The van der Waals surface area contributed by atoms with Crippen molar-refractivity contribution < 1.29 is 4.79 Å². The normalized spacial score (nSPS) is 18.6. The molecule has 1 rings (SSSR count). The summed E-state index contributed by atoms with van der Waals surface area (Å²) in [7, 11) is 0. The van der Waals surface area contributed by atoms with Crippen LogP contribution in [0.15, 0.2) is 0 Å². The Morgan fingerprint density at radius 3 is 2.29 bits per heavy atom. The molecule has 0 bridgehead atoms. The second kappa shape index (κ2) is 4.00. The average molecular weight is 194 g/mol. The van der Waals surface area contributed by atoms with E-state index in [0.717, 1.165) is 25.7 Å². The van der Waals surface area contributed by atoms with Gasteiger partial charge in [0.1, 0.15) is 5.92 Å². The Bertz CT molecular complexity index is 259. The van der Waals surface area contributed by atoms with Gasteiger partial charge < -0.3 is 5.73 Å². The third-order valence-electron chi connectivity index (χ3n) is 3.70. The Balaban J connectivity index is 2.95. The minimum absolute atomic E-state index is 0.152. The molecule has 78 valence electrons. The monoisotopic (exact) mass is 194 g/mol. The van der Waals surface area contributed by atoms with Crippen LogP contribution < -0.4 is 5.73 Å². The average Bonchev–Trinajstić information content (AvgIpc) is 2.97. The van der Waals surface area contributed by atoms with Crippen molar-refractivity contribution in [2.24, 2.45) is 23.0 Å². The van der Waals surface area contributed by atoms with Crippen LogP contribution in [0.3, 0.4) is 0 Å². The van der Waals surface area contributed by atoms with Crippen molar-refractivity contribution in [3.63, 3.8) is 0 Å². The van der Waals surface area contributed by atoms with Crippen LogP contribution in [-0.4, -0.2) is 5.91 Å². The number of nitrogens with zero attached hydrogens (tertiary/aromatic N) is 1. The maximum atomic E-state index is 11.2. The summed E-state index contributed by atoms with van der Waals surface area (Å²) >= 11 is 0. The third kappa shape index (κ3) is 1.61. The molecule has 0 heterocycles. The zero-order chi connectivity index (χ0) is 10.8. The standard InChI is InChI=1S/C11H18N2O/c1-3-11(4-2,8-5-6-8)9(7-12)10(13)14/h8-9H,3-6H2,1-2H3,(H2,13,14). The zero-order valence-corrected chi connectivity index (χ0v) is 8.92. The molecule has 0 aromatic rings. The van der Waals surface area contributed by atoms with Gasteiger partial charge in [-0.3, -0.25) is 4.79 Å².